The number of rotatable bonds is 9. The molecule has 0 saturated carbocycles. The lowest BCUT2D eigenvalue weighted by atomic mass is 10.1. The molecule has 2 aromatic rings. The number of ether oxygens (including phenoxy) is 2. The van der Waals surface area contributed by atoms with Crippen LogP contribution >= 0.6 is 0 Å². The van der Waals surface area contributed by atoms with Gasteiger partial charge in [-0.2, -0.15) is 0 Å². The molecule has 1 amide bonds. The zero-order chi connectivity index (χ0) is 18.9. The summed E-state index contributed by atoms with van der Waals surface area (Å²) in [6, 6.07) is 11.2. The number of halogens is 1. The van der Waals surface area contributed by atoms with E-state index in [9.17, 15) is 9.18 Å². The standard InChI is InChI=1S/C21H26FNO3/c1-4-12-25-19-11-10-16(14-20(19)26-13-5-2)15(3)23-21(24)17-8-6-7-9-18(17)22/h6-11,14-15H,4-5,12-13H2,1-3H3,(H,23,24)/t15-/m0/s1. The van der Waals surface area contributed by atoms with Gasteiger partial charge in [-0.05, 0) is 49.6 Å². The first kappa shape index (κ1) is 19.8. The van der Waals surface area contributed by atoms with E-state index in [0.29, 0.717) is 24.7 Å². The molecule has 1 atom stereocenters. The second-order valence-electron chi connectivity index (χ2n) is 6.08. The molecule has 0 radical (unpaired) electrons. The smallest absolute Gasteiger partial charge is 0.254 e. The molecule has 0 aromatic heterocycles. The van der Waals surface area contributed by atoms with Gasteiger partial charge in [0.25, 0.3) is 5.91 Å². The lowest BCUT2D eigenvalue weighted by Gasteiger charge is -2.18. The van der Waals surface area contributed by atoms with Crippen LogP contribution in [0.1, 0.15) is 55.6 Å². The second kappa shape index (κ2) is 9.80. The molecule has 2 aromatic carbocycles. The van der Waals surface area contributed by atoms with Gasteiger partial charge in [-0.25, -0.2) is 4.39 Å². The SMILES string of the molecule is CCCOc1ccc([C@H](C)NC(=O)c2ccccc2F)cc1OCCC. The van der Waals surface area contributed by atoms with Crippen LogP contribution in [0, 0.1) is 5.82 Å². The van der Waals surface area contributed by atoms with Crippen molar-refractivity contribution in [2.75, 3.05) is 13.2 Å². The largest absolute Gasteiger partial charge is 0.490 e. The number of nitrogens with one attached hydrogen (secondary N) is 1. The molecule has 0 heterocycles. The van der Waals surface area contributed by atoms with E-state index in [1.54, 1.807) is 12.1 Å². The average Bonchev–Trinajstić information content (AvgIpc) is 2.65. The lowest BCUT2D eigenvalue weighted by Crippen LogP contribution is -2.27. The summed E-state index contributed by atoms with van der Waals surface area (Å²) >= 11 is 0. The topological polar surface area (TPSA) is 47.6 Å². The van der Waals surface area contributed by atoms with Crippen LogP contribution < -0.4 is 14.8 Å². The van der Waals surface area contributed by atoms with E-state index >= 15 is 0 Å². The van der Waals surface area contributed by atoms with Gasteiger partial charge in [-0.3, -0.25) is 4.79 Å². The van der Waals surface area contributed by atoms with E-state index < -0.39 is 11.7 Å². The van der Waals surface area contributed by atoms with E-state index in [1.807, 2.05) is 39.0 Å². The zero-order valence-corrected chi connectivity index (χ0v) is 15.5. The van der Waals surface area contributed by atoms with E-state index in [1.165, 1.54) is 12.1 Å². The molecule has 0 aliphatic carbocycles. The Morgan fingerprint density at radius 3 is 2.35 bits per heavy atom. The van der Waals surface area contributed by atoms with E-state index in [4.69, 9.17) is 9.47 Å². The first-order valence-electron chi connectivity index (χ1n) is 9.01. The maximum absolute atomic E-state index is 13.8. The first-order valence-corrected chi connectivity index (χ1v) is 9.01. The maximum Gasteiger partial charge on any atom is 0.254 e. The van der Waals surface area contributed by atoms with E-state index in [2.05, 4.69) is 5.32 Å². The third-order valence-electron chi connectivity index (χ3n) is 3.86. The summed E-state index contributed by atoms with van der Waals surface area (Å²) in [5.74, 6) is 0.367. The fourth-order valence-electron chi connectivity index (χ4n) is 2.45. The zero-order valence-electron chi connectivity index (χ0n) is 15.5. The minimum absolute atomic E-state index is 0.0321. The Morgan fingerprint density at radius 2 is 1.69 bits per heavy atom. The Bertz CT molecular complexity index is 733. The normalized spacial score (nSPS) is 11.7. The molecule has 0 fully saturated rings. The van der Waals surface area contributed by atoms with Gasteiger partial charge in [0.05, 0.1) is 24.8 Å². The summed E-state index contributed by atoms with van der Waals surface area (Å²) in [5.41, 5.74) is 0.898. The van der Waals surface area contributed by atoms with E-state index in [0.717, 1.165) is 18.4 Å². The Labute approximate surface area is 154 Å². The summed E-state index contributed by atoms with van der Waals surface area (Å²) in [6.07, 6.45) is 1.79. The summed E-state index contributed by atoms with van der Waals surface area (Å²) in [6.45, 7) is 7.13. The van der Waals surface area contributed by atoms with Gasteiger partial charge in [-0.15, -0.1) is 0 Å². The highest BCUT2D eigenvalue weighted by Crippen LogP contribution is 2.31. The summed E-state index contributed by atoms with van der Waals surface area (Å²) < 4.78 is 25.3. The molecule has 0 aliphatic rings. The monoisotopic (exact) mass is 359 g/mol. The summed E-state index contributed by atoms with van der Waals surface area (Å²) in [5, 5.41) is 2.82. The molecule has 26 heavy (non-hydrogen) atoms. The molecule has 1 N–H and O–H groups in total. The van der Waals surface area contributed by atoms with Crippen LogP contribution in [0.5, 0.6) is 11.5 Å². The number of amides is 1. The minimum Gasteiger partial charge on any atom is -0.490 e. The maximum atomic E-state index is 13.8. The molecular weight excluding hydrogens is 333 g/mol. The molecular formula is C21H26FNO3. The highest BCUT2D eigenvalue weighted by atomic mass is 19.1. The van der Waals surface area contributed by atoms with Gasteiger partial charge < -0.3 is 14.8 Å². The number of hydrogen-bond donors (Lipinski definition) is 1. The average molecular weight is 359 g/mol. The molecule has 140 valence electrons. The highest BCUT2D eigenvalue weighted by Gasteiger charge is 2.16. The molecule has 2 rings (SSSR count). The lowest BCUT2D eigenvalue weighted by molar-refractivity contribution is 0.0935. The van der Waals surface area contributed by atoms with Crippen molar-refractivity contribution in [2.45, 2.75) is 39.7 Å². The molecule has 0 unspecified atom stereocenters. The Kier molecular flexibility index (Phi) is 7.45. The predicted molar refractivity (Wildman–Crippen MR) is 100 cm³/mol. The van der Waals surface area contributed by atoms with Crippen molar-refractivity contribution in [3.8, 4) is 11.5 Å². The van der Waals surface area contributed by atoms with Crippen molar-refractivity contribution >= 4 is 5.91 Å². The van der Waals surface area contributed by atoms with Crippen LogP contribution in [-0.4, -0.2) is 19.1 Å². The summed E-state index contributed by atoms with van der Waals surface area (Å²) in [7, 11) is 0. The van der Waals surface area contributed by atoms with Gasteiger partial charge in [0.15, 0.2) is 11.5 Å². The minimum atomic E-state index is -0.535. The second-order valence-corrected chi connectivity index (χ2v) is 6.08. The number of benzene rings is 2. The van der Waals surface area contributed by atoms with Crippen molar-refractivity contribution in [2.24, 2.45) is 0 Å². The van der Waals surface area contributed by atoms with Crippen LogP contribution in [0.4, 0.5) is 4.39 Å². The molecule has 0 saturated heterocycles. The number of hydrogen-bond acceptors (Lipinski definition) is 3. The van der Waals surface area contributed by atoms with Gasteiger partial charge in [0.1, 0.15) is 5.82 Å². The van der Waals surface area contributed by atoms with Crippen molar-refractivity contribution in [1.29, 1.82) is 0 Å². The van der Waals surface area contributed by atoms with Gasteiger partial charge in [0, 0.05) is 0 Å². The van der Waals surface area contributed by atoms with Crippen molar-refractivity contribution in [3.63, 3.8) is 0 Å². The predicted octanol–water partition coefficient (Wildman–Crippen LogP) is 4.89. The van der Waals surface area contributed by atoms with Gasteiger partial charge >= 0.3 is 0 Å². The van der Waals surface area contributed by atoms with Crippen LogP contribution in [0.15, 0.2) is 42.5 Å². The summed E-state index contributed by atoms with van der Waals surface area (Å²) in [4.78, 5) is 12.3. The molecule has 4 nitrogen and oxygen atoms in total. The van der Waals surface area contributed by atoms with Crippen LogP contribution in [0.2, 0.25) is 0 Å². The molecule has 0 spiro atoms. The Balaban J connectivity index is 2.15. The molecule has 0 aliphatic heterocycles. The van der Waals surface area contributed by atoms with E-state index in [-0.39, 0.29) is 11.6 Å². The van der Waals surface area contributed by atoms with Gasteiger partial charge in [0.2, 0.25) is 0 Å². The fraction of sp³-hybridized carbons (Fsp3) is 0.381. The van der Waals surface area contributed by atoms with Crippen molar-refractivity contribution < 1.29 is 18.7 Å². The third-order valence-corrected chi connectivity index (χ3v) is 3.86. The van der Waals surface area contributed by atoms with Crippen LogP contribution in [0.3, 0.4) is 0 Å². The highest BCUT2D eigenvalue weighted by molar-refractivity contribution is 5.94. The fourth-order valence-corrected chi connectivity index (χ4v) is 2.45. The quantitative estimate of drug-likeness (QED) is 0.693. The van der Waals surface area contributed by atoms with Gasteiger partial charge in [-0.1, -0.05) is 32.0 Å². The first-order chi connectivity index (χ1) is 12.6. The van der Waals surface area contributed by atoms with Crippen molar-refractivity contribution in [3.05, 3.63) is 59.4 Å². The molecule has 0 bridgehead atoms. The Hall–Kier alpha value is -2.56. The molecule has 5 heteroatoms. The van der Waals surface area contributed by atoms with Crippen molar-refractivity contribution in [1.82, 2.24) is 5.32 Å². The Morgan fingerprint density at radius 1 is 1.04 bits per heavy atom. The number of carbonyl (C=O) groups excluding carboxylic acids is 1. The number of carbonyl (C=O) groups is 1. The van der Waals surface area contributed by atoms with Crippen LogP contribution in [0.25, 0.3) is 0 Å². The van der Waals surface area contributed by atoms with Crippen LogP contribution in [-0.2, 0) is 0 Å². The third kappa shape index (κ3) is 5.22.